The lowest BCUT2D eigenvalue weighted by Gasteiger charge is -2.37. The van der Waals surface area contributed by atoms with Crippen molar-refractivity contribution in [3.8, 4) is 0 Å². The number of hydrogen-bond acceptors (Lipinski definition) is 3. The summed E-state index contributed by atoms with van der Waals surface area (Å²) >= 11 is 0. The van der Waals surface area contributed by atoms with Gasteiger partial charge in [0.05, 0.1) is 12.7 Å². The number of morpholine rings is 1. The summed E-state index contributed by atoms with van der Waals surface area (Å²) in [6.07, 6.45) is 2.50. The fourth-order valence-corrected chi connectivity index (χ4v) is 2.63. The van der Waals surface area contributed by atoms with Gasteiger partial charge in [-0.15, -0.1) is 0 Å². The standard InChI is InChI=1S/C15H24N2O/c1-2-14(10-13-6-4-3-5-7-13)17-8-9-18-15(11-16)12-17/h3-7,14-15H,2,8-12,16H2,1H3. The topological polar surface area (TPSA) is 38.5 Å². The summed E-state index contributed by atoms with van der Waals surface area (Å²) in [5, 5.41) is 0. The molecule has 1 heterocycles. The first kappa shape index (κ1) is 13.5. The summed E-state index contributed by atoms with van der Waals surface area (Å²) in [7, 11) is 0. The van der Waals surface area contributed by atoms with Crippen LogP contribution in [0, 0.1) is 0 Å². The predicted octanol–water partition coefficient (Wildman–Crippen LogP) is 1.67. The summed E-state index contributed by atoms with van der Waals surface area (Å²) in [4.78, 5) is 2.54. The van der Waals surface area contributed by atoms with Crippen molar-refractivity contribution in [2.24, 2.45) is 5.73 Å². The fraction of sp³-hybridized carbons (Fsp3) is 0.600. The van der Waals surface area contributed by atoms with E-state index in [0.29, 0.717) is 12.6 Å². The Bertz CT molecular complexity index is 342. The second-order valence-electron chi connectivity index (χ2n) is 4.98. The van der Waals surface area contributed by atoms with E-state index < -0.39 is 0 Å². The molecule has 0 aromatic heterocycles. The summed E-state index contributed by atoms with van der Waals surface area (Å²) < 4.78 is 5.64. The van der Waals surface area contributed by atoms with E-state index in [0.717, 1.165) is 26.1 Å². The van der Waals surface area contributed by atoms with Crippen molar-refractivity contribution in [1.29, 1.82) is 0 Å². The minimum Gasteiger partial charge on any atom is -0.374 e. The molecule has 1 saturated heterocycles. The maximum absolute atomic E-state index is 5.71. The molecule has 2 rings (SSSR count). The van der Waals surface area contributed by atoms with Gasteiger partial charge in [0.1, 0.15) is 0 Å². The number of nitrogens with two attached hydrogens (primary N) is 1. The van der Waals surface area contributed by atoms with Crippen LogP contribution in [0.2, 0.25) is 0 Å². The van der Waals surface area contributed by atoms with Gasteiger partial charge < -0.3 is 10.5 Å². The van der Waals surface area contributed by atoms with Gasteiger partial charge in [-0.25, -0.2) is 0 Å². The molecule has 3 nitrogen and oxygen atoms in total. The first-order valence-corrected chi connectivity index (χ1v) is 6.93. The van der Waals surface area contributed by atoms with Gasteiger partial charge in [-0.3, -0.25) is 4.90 Å². The van der Waals surface area contributed by atoms with Gasteiger partial charge in [-0.1, -0.05) is 37.3 Å². The zero-order chi connectivity index (χ0) is 12.8. The van der Waals surface area contributed by atoms with Crippen molar-refractivity contribution in [1.82, 2.24) is 4.90 Å². The molecule has 0 amide bonds. The highest BCUT2D eigenvalue weighted by Crippen LogP contribution is 2.15. The Hall–Kier alpha value is -0.900. The van der Waals surface area contributed by atoms with E-state index in [1.54, 1.807) is 0 Å². The van der Waals surface area contributed by atoms with Crippen LogP contribution in [-0.2, 0) is 11.2 Å². The molecule has 0 saturated carbocycles. The van der Waals surface area contributed by atoms with Crippen molar-refractivity contribution >= 4 is 0 Å². The SMILES string of the molecule is CCC(Cc1ccccc1)N1CCOC(CN)C1. The fourth-order valence-electron chi connectivity index (χ4n) is 2.63. The first-order valence-electron chi connectivity index (χ1n) is 6.93. The van der Waals surface area contributed by atoms with Crippen LogP contribution >= 0.6 is 0 Å². The largest absolute Gasteiger partial charge is 0.374 e. The second-order valence-corrected chi connectivity index (χ2v) is 4.98. The van der Waals surface area contributed by atoms with Crippen molar-refractivity contribution in [3.05, 3.63) is 35.9 Å². The zero-order valence-corrected chi connectivity index (χ0v) is 11.2. The van der Waals surface area contributed by atoms with Gasteiger partial charge in [-0.2, -0.15) is 0 Å². The molecule has 1 aromatic carbocycles. The van der Waals surface area contributed by atoms with Crippen molar-refractivity contribution in [3.63, 3.8) is 0 Å². The average Bonchev–Trinajstić information content (AvgIpc) is 2.46. The monoisotopic (exact) mass is 248 g/mol. The maximum atomic E-state index is 5.71. The van der Waals surface area contributed by atoms with Crippen LogP contribution in [0.3, 0.4) is 0 Å². The van der Waals surface area contributed by atoms with Gasteiger partial charge in [0.2, 0.25) is 0 Å². The Morgan fingerprint density at radius 2 is 2.17 bits per heavy atom. The quantitative estimate of drug-likeness (QED) is 0.861. The Morgan fingerprint density at radius 3 is 2.83 bits per heavy atom. The number of rotatable bonds is 5. The smallest absolute Gasteiger partial charge is 0.0824 e. The van der Waals surface area contributed by atoms with Crippen molar-refractivity contribution in [2.45, 2.75) is 31.9 Å². The Kier molecular flexibility index (Phi) is 5.17. The predicted molar refractivity (Wildman–Crippen MR) is 74.6 cm³/mol. The molecule has 1 aliphatic rings. The van der Waals surface area contributed by atoms with Gasteiger partial charge in [-0.05, 0) is 18.4 Å². The van der Waals surface area contributed by atoms with E-state index in [-0.39, 0.29) is 6.10 Å². The Morgan fingerprint density at radius 1 is 1.39 bits per heavy atom. The van der Waals surface area contributed by atoms with E-state index in [2.05, 4.69) is 42.2 Å². The molecular formula is C15H24N2O. The number of hydrogen-bond donors (Lipinski definition) is 1. The highest BCUT2D eigenvalue weighted by Gasteiger charge is 2.24. The molecule has 0 spiro atoms. The van der Waals surface area contributed by atoms with Crippen LogP contribution in [-0.4, -0.2) is 43.3 Å². The molecular weight excluding hydrogens is 224 g/mol. The lowest BCUT2D eigenvalue weighted by atomic mass is 10.0. The molecule has 0 radical (unpaired) electrons. The molecule has 2 atom stereocenters. The van der Waals surface area contributed by atoms with Gasteiger partial charge >= 0.3 is 0 Å². The van der Waals surface area contributed by atoms with Crippen molar-refractivity contribution < 1.29 is 4.74 Å². The van der Waals surface area contributed by atoms with Crippen LogP contribution in [0.4, 0.5) is 0 Å². The number of benzene rings is 1. The van der Waals surface area contributed by atoms with Gasteiger partial charge in [0, 0.05) is 25.7 Å². The van der Waals surface area contributed by atoms with Crippen LogP contribution < -0.4 is 5.73 Å². The van der Waals surface area contributed by atoms with Crippen LogP contribution in [0.5, 0.6) is 0 Å². The van der Waals surface area contributed by atoms with E-state index in [9.17, 15) is 0 Å². The third-order valence-electron chi connectivity index (χ3n) is 3.73. The minimum absolute atomic E-state index is 0.212. The number of nitrogens with zero attached hydrogens (tertiary/aromatic N) is 1. The third kappa shape index (κ3) is 3.55. The van der Waals surface area contributed by atoms with Crippen molar-refractivity contribution in [2.75, 3.05) is 26.2 Å². The molecule has 0 bridgehead atoms. The molecule has 2 unspecified atom stereocenters. The molecule has 3 heteroatoms. The molecule has 100 valence electrons. The van der Waals surface area contributed by atoms with Crippen LogP contribution in [0.15, 0.2) is 30.3 Å². The highest BCUT2D eigenvalue weighted by molar-refractivity contribution is 5.16. The molecule has 2 N–H and O–H groups in total. The van der Waals surface area contributed by atoms with Gasteiger partial charge in [0.15, 0.2) is 0 Å². The minimum atomic E-state index is 0.212. The summed E-state index contributed by atoms with van der Waals surface area (Å²) in [5.74, 6) is 0. The van der Waals surface area contributed by atoms with E-state index in [1.165, 1.54) is 12.0 Å². The maximum Gasteiger partial charge on any atom is 0.0824 e. The Labute approximate surface area is 110 Å². The molecule has 1 aromatic rings. The second kappa shape index (κ2) is 6.88. The van der Waals surface area contributed by atoms with E-state index in [1.807, 2.05) is 0 Å². The molecule has 18 heavy (non-hydrogen) atoms. The normalized spacial score (nSPS) is 22.9. The summed E-state index contributed by atoms with van der Waals surface area (Å²) in [6.45, 7) is 5.70. The molecule has 0 aliphatic carbocycles. The first-order chi connectivity index (χ1) is 8.83. The lowest BCUT2D eigenvalue weighted by Crippen LogP contribution is -2.50. The van der Waals surface area contributed by atoms with E-state index >= 15 is 0 Å². The Balaban J connectivity index is 1.95. The molecule has 1 fully saturated rings. The van der Waals surface area contributed by atoms with E-state index in [4.69, 9.17) is 10.5 Å². The zero-order valence-electron chi connectivity index (χ0n) is 11.2. The third-order valence-corrected chi connectivity index (χ3v) is 3.73. The summed E-state index contributed by atoms with van der Waals surface area (Å²) in [5.41, 5.74) is 7.12. The lowest BCUT2D eigenvalue weighted by molar-refractivity contribution is -0.0388. The number of ether oxygens (including phenoxy) is 1. The van der Waals surface area contributed by atoms with Crippen LogP contribution in [0.25, 0.3) is 0 Å². The summed E-state index contributed by atoms with van der Waals surface area (Å²) in [6, 6.07) is 11.3. The average molecular weight is 248 g/mol. The molecule has 1 aliphatic heterocycles. The van der Waals surface area contributed by atoms with Gasteiger partial charge in [0.25, 0.3) is 0 Å². The highest BCUT2D eigenvalue weighted by atomic mass is 16.5. The van der Waals surface area contributed by atoms with Crippen LogP contribution in [0.1, 0.15) is 18.9 Å².